The van der Waals surface area contributed by atoms with Crippen molar-refractivity contribution < 1.29 is 4.52 Å². The van der Waals surface area contributed by atoms with Gasteiger partial charge in [0.25, 0.3) is 0 Å². The number of nitrogens with one attached hydrogen (secondary N) is 1. The smallest absolute Gasteiger partial charge is 0.186 e. The van der Waals surface area contributed by atoms with Crippen molar-refractivity contribution in [2.75, 3.05) is 30.8 Å². The number of thiophene rings is 1. The van der Waals surface area contributed by atoms with Crippen LogP contribution in [0.4, 0.5) is 10.8 Å². The van der Waals surface area contributed by atoms with Crippen molar-refractivity contribution in [3.8, 4) is 17.6 Å². The summed E-state index contributed by atoms with van der Waals surface area (Å²) in [5.74, 6) is 2.24. The fourth-order valence-corrected chi connectivity index (χ4v) is 9.98. The van der Waals surface area contributed by atoms with Crippen LogP contribution < -0.4 is 10.6 Å². The van der Waals surface area contributed by atoms with Gasteiger partial charge in [-0.3, -0.25) is 5.10 Å². The van der Waals surface area contributed by atoms with Gasteiger partial charge in [-0.05, 0) is 98.2 Å². The standard InChI is InChI=1S/C35H43N11OS/c1-6-45(18-25-19(2)41-42-20(25)3)33-24-17-38-46(21(4)26-11-9-15-44(26)5)34(24)40-32(39-33)29-22-10-7-13-35(30(22)47-43-29)14-8-12-27-28(35)23(16-36)31(37)48-27/h17,21,26H,6-15,18,37H2,1-5H3,(H,41,42). The number of H-pyrrole nitrogens is 1. The highest BCUT2D eigenvalue weighted by molar-refractivity contribution is 7.16. The minimum atomic E-state index is -0.409. The Bertz CT molecular complexity index is 2040. The monoisotopic (exact) mass is 665 g/mol. The van der Waals surface area contributed by atoms with Crippen molar-refractivity contribution in [3.05, 3.63) is 50.5 Å². The van der Waals surface area contributed by atoms with Crippen molar-refractivity contribution in [2.24, 2.45) is 0 Å². The highest BCUT2D eigenvalue weighted by Gasteiger charge is 2.49. The van der Waals surface area contributed by atoms with Crippen molar-refractivity contribution in [2.45, 2.75) is 103 Å². The fourth-order valence-electron chi connectivity index (χ4n) is 8.82. The second-order valence-electron chi connectivity index (χ2n) is 13.9. The summed E-state index contributed by atoms with van der Waals surface area (Å²) in [5, 5.41) is 29.0. The zero-order valence-corrected chi connectivity index (χ0v) is 29.2. The molecule has 3 N–H and O–H groups in total. The number of nitrogens with zero attached hydrogens (tertiary/aromatic N) is 9. The van der Waals surface area contributed by atoms with Gasteiger partial charge in [0.05, 0.1) is 34.3 Å². The molecule has 5 aromatic heterocycles. The van der Waals surface area contributed by atoms with E-state index >= 15 is 0 Å². The average molecular weight is 666 g/mol. The van der Waals surface area contributed by atoms with Crippen molar-refractivity contribution in [1.82, 2.24) is 40.0 Å². The Hall–Kier alpha value is -4.28. The molecule has 1 fully saturated rings. The summed E-state index contributed by atoms with van der Waals surface area (Å²) in [6, 6.07) is 2.93. The molecule has 48 heavy (non-hydrogen) atoms. The van der Waals surface area contributed by atoms with Crippen LogP contribution in [-0.2, 0) is 24.8 Å². The first-order valence-electron chi connectivity index (χ1n) is 17.3. The number of anilines is 2. The van der Waals surface area contributed by atoms with Crippen molar-refractivity contribution in [3.63, 3.8) is 0 Å². The number of nitrogens with two attached hydrogens (primary N) is 1. The Morgan fingerprint density at radius 2 is 2.04 bits per heavy atom. The topological polar surface area (TPSA) is 155 Å². The normalized spacial score (nSPS) is 21.5. The maximum absolute atomic E-state index is 10.2. The van der Waals surface area contributed by atoms with Crippen LogP contribution in [0.1, 0.15) is 103 Å². The van der Waals surface area contributed by atoms with E-state index in [0.29, 0.717) is 34.7 Å². The van der Waals surface area contributed by atoms with Crippen LogP contribution in [0.15, 0.2) is 10.7 Å². The third-order valence-electron chi connectivity index (χ3n) is 11.3. The molecule has 3 atom stereocenters. The second-order valence-corrected chi connectivity index (χ2v) is 15.1. The summed E-state index contributed by atoms with van der Waals surface area (Å²) in [6.45, 7) is 11.0. The van der Waals surface area contributed by atoms with Crippen LogP contribution in [0.3, 0.4) is 0 Å². The summed E-state index contributed by atoms with van der Waals surface area (Å²) < 4.78 is 8.47. The molecule has 13 heteroatoms. The number of nitriles is 1. The molecule has 1 spiro atoms. The zero-order valence-electron chi connectivity index (χ0n) is 28.4. The Kier molecular flexibility index (Phi) is 7.56. The van der Waals surface area contributed by atoms with Crippen LogP contribution in [-0.4, -0.2) is 66.2 Å². The van der Waals surface area contributed by atoms with E-state index in [1.54, 1.807) is 11.3 Å². The Morgan fingerprint density at radius 1 is 1.23 bits per heavy atom. The molecule has 0 amide bonds. The number of aromatic amines is 1. The average Bonchev–Trinajstić information content (AvgIpc) is 3.91. The number of nitrogen functional groups attached to an aromatic ring is 1. The molecule has 6 heterocycles. The van der Waals surface area contributed by atoms with Crippen LogP contribution in [0.2, 0.25) is 0 Å². The number of aromatic nitrogens is 7. The number of hydrogen-bond acceptors (Lipinski definition) is 11. The molecule has 5 aromatic rings. The number of aryl methyl sites for hydroxylation is 3. The largest absolute Gasteiger partial charge is 0.389 e. The highest BCUT2D eigenvalue weighted by Crippen LogP contribution is 2.55. The summed E-state index contributed by atoms with van der Waals surface area (Å²) >= 11 is 1.56. The Balaban J connectivity index is 1.30. The lowest BCUT2D eigenvalue weighted by Crippen LogP contribution is -2.35. The van der Waals surface area contributed by atoms with Crippen molar-refractivity contribution >= 4 is 33.2 Å². The van der Waals surface area contributed by atoms with Crippen LogP contribution in [0.25, 0.3) is 22.6 Å². The summed E-state index contributed by atoms with van der Waals surface area (Å²) in [5.41, 5.74) is 13.4. The second kappa shape index (κ2) is 11.7. The van der Waals surface area contributed by atoms with E-state index < -0.39 is 5.41 Å². The molecule has 0 radical (unpaired) electrons. The lowest BCUT2D eigenvalue weighted by atomic mass is 9.63. The first kappa shape index (κ1) is 31.0. The maximum Gasteiger partial charge on any atom is 0.186 e. The fraction of sp³-hybridized carbons (Fsp3) is 0.543. The molecule has 3 unspecified atom stereocenters. The van der Waals surface area contributed by atoms with Gasteiger partial charge in [-0.25, -0.2) is 14.6 Å². The van der Waals surface area contributed by atoms with E-state index in [4.69, 9.17) is 30.5 Å². The molecule has 0 bridgehead atoms. The number of fused-ring (bicyclic) bond motifs is 5. The molecular formula is C35H43N11OS. The highest BCUT2D eigenvalue weighted by atomic mass is 32.1. The van der Waals surface area contributed by atoms with Gasteiger partial charge < -0.3 is 20.1 Å². The van der Waals surface area contributed by atoms with E-state index in [-0.39, 0.29) is 6.04 Å². The molecule has 0 aromatic carbocycles. The van der Waals surface area contributed by atoms with Crippen LogP contribution >= 0.6 is 11.3 Å². The minimum Gasteiger partial charge on any atom is -0.389 e. The van der Waals surface area contributed by atoms with Crippen LogP contribution in [0.5, 0.6) is 0 Å². The van der Waals surface area contributed by atoms with Crippen molar-refractivity contribution in [1.29, 1.82) is 5.26 Å². The molecule has 250 valence electrons. The third kappa shape index (κ3) is 4.59. The molecule has 1 saturated heterocycles. The first-order valence-corrected chi connectivity index (χ1v) is 18.1. The van der Waals surface area contributed by atoms with Gasteiger partial charge in [0.1, 0.15) is 16.9 Å². The molecule has 12 nitrogen and oxygen atoms in total. The maximum atomic E-state index is 10.2. The van der Waals surface area contributed by atoms with E-state index in [1.807, 2.05) is 13.1 Å². The lowest BCUT2D eigenvalue weighted by molar-refractivity contribution is 0.232. The van der Waals surface area contributed by atoms with Crippen LogP contribution in [0, 0.1) is 25.2 Å². The number of likely N-dealkylation sites (N-methyl/N-ethyl adjacent to an activating group) is 1. The predicted octanol–water partition coefficient (Wildman–Crippen LogP) is 5.98. The molecule has 2 aliphatic carbocycles. The SMILES string of the molecule is CCN(Cc1c(C)n[nH]c1C)c1nc(-c2noc3c2CCCC32CCCc3sc(N)c(C#N)c32)nc2c1cnn2C(C)C1CCCN1C. The van der Waals surface area contributed by atoms with Gasteiger partial charge in [0, 0.05) is 40.8 Å². The van der Waals surface area contributed by atoms with Gasteiger partial charge in [0.2, 0.25) is 0 Å². The quantitative estimate of drug-likeness (QED) is 0.212. The molecule has 1 aliphatic heterocycles. The van der Waals surface area contributed by atoms with E-state index in [2.05, 4.69) is 58.6 Å². The lowest BCUT2D eigenvalue weighted by Gasteiger charge is -2.39. The van der Waals surface area contributed by atoms with Gasteiger partial charge in [-0.15, -0.1) is 11.3 Å². The number of hydrogen-bond donors (Lipinski definition) is 2. The molecular weight excluding hydrogens is 623 g/mol. The van der Waals surface area contributed by atoms with E-state index in [9.17, 15) is 5.26 Å². The van der Waals surface area contributed by atoms with Gasteiger partial charge in [0.15, 0.2) is 22.9 Å². The molecule has 8 rings (SSSR count). The number of rotatable bonds is 7. The minimum absolute atomic E-state index is 0.127. The van der Waals surface area contributed by atoms with E-state index in [1.165, 1.54) is 11.3 Å². The number of likely N-dealkylation sites (tertiary alicyclic amines) is 1. The first-order chi connectivity index (χ1) is 23.3. The summed E-state index contributed by atoms with van der Waals surface area (Å²) in [6.07, 6.45) is 9.78. The summed E-state index contributed by atoms with van der Waals surface area (Å²) in [4.78, 5) is 16.5. The Labute approximate surface area is 284 Å². The van der Waals surface area contributed by atoms with Gasteiger partial charge >= 0.3 is 0 Å². The zero-order chi connectivity index (χ0) is 33.3. The molecule has 3 aliphatic rings. The Morgan fingerprint density at radius 3 is 2.75 bits per heavy atom. The third-order valence-corrected chi connectivity index (χ3v) is 12.4. The van der Waals surface area contributed by atoms with E-state index in [0.717, 1.165) is 109 Å². The molecule has 0 saturated carbocycles. The summed E-state index contributed by atoms with van der Waals surface area (Å²) in [7, 11) is 2.20. The van der Waals surface area contributed by atoms with Gasteiger partial charge in [-0.1, -0.05) is 5.16 Å². The van der Waals surface area contributed by atoms with Gasteiger partial charge in [-0.2, -0.15) is 15.5 Å². The predicted molar refractivity (Wildman–Crippen MR) is 186 cm³/mol.